The maximum Gasteiger partial charge on any atom is 0.169 e. The van der Waals surface area contributed by atoms with Crippen LogP contribution in [0.4, 0.5) is 5.82 Å². The van der Waals surface area contributed by atoms with Gasteiger partial charge in [0.25, 0.3) is 0 Å². The SMILES string of the molecule is CN(C)c1ccc(CN2CCc3nc(-c4cccs4)ncc3C2)cn1. The number of nitrogens with zero attached hydrogens (tertiary/aromatic N) is 5. The number of aromatic nitrogens is 3. The van der Waals surface area contributed by atoms with Crippen molar-refractivity contribution in [2.45, 2.75) is 19.5 Å². The normalized spacial score (nSPS) is 14.3. The van der Waals surface area contributed by atoms with Gasteiger partial charge in [0.05, 0.1) is 10.6 Å². The summed E-state index contributed by atoms with van der Waals surface area (Å²) in [5.41, 5.74) is 3.67. The molecule has 6 heteroatoms. The van der Waals surface area contributed by atoms with Crippen molar-refractivity contribution < 1.29 is 0 Å². The van der Waals surface area contributed by atoms with E-state index in [1.807, 2.05) is 37.5 Å². The monoisotopic (exact) mass is 351 g/mol. The van der Waals surface area contributed by atoms with Crippen LogP contribution in [0.2, 0.25) is 0 Å². The predicted octanol–water partition coefficient (Wildman–Crippen LogP) is 3.22. The molecule has 0 fully saturated rings. The molecule has 0 spiro atoms. The molecule has 0 saturated carbocycles. The highest BCUT2D eigenvalue weighted by Crippen LogP contribution is 2.24. The van der Waals surface area contributed by atoms with Gasteiger partial charge in [0.15, 0.2) is 5.82 Å². The molecule has 0 aromatic carbocycles. The zero-order valence-corrected chi connectivity index (χ0v) is 15.3. The average molecular weight is 351 g/mol. The molecule has 0 unspecified atom stereocenters. The second-order valence-electron chi connectivity index (χ2n) is 6.52. The predicted molar refractivity (Wildman–Crippen MR) is 102 cm³/mol. The van der Waals surface area contributed by atoms with Gasteiger partial charge < -0.3 is 4.90 Å². The molecule has 0 saturated heterocycles. The summed E-state index contributed by atoms with van der Waals surface area (Å²) >= 11 is 1.69. The van der Waals surface area contributed by atoms with Crippen LogP contribution in [0.1, 0.15) is 16.8 Å². The van der Waals surface area contributed by atoms with Crippen LogP contribution in [0.3, 0.4) is 0 Å². The highest BCUT2D eigenvalue weighted by Gasteiger charge is 2.19. The standard InChI is InChI=1S/C19H21N5S/c1-23(2)18-6-5-14(10-20-18)12-24-8-7-16-15(13-24)11-21-19(22-16)17-4-3-9-25-17/h3-6,9-11H,7-8,12-13H2,1-2H3. The van der Waals surface area contributed by atoms with Crippen molar-refractivity contribution in [3.05, 3.63) is 58.9 Å². The molecule has 4 rings (SSSR count). The molecule has 3 aromatic rings. The van der Waals surface area contributed by atoms with Crippen molar-refractivity contribution in [3.8, 4) is 10.7 Å². The molecule has 0 amide bonds. The second-order valence-corrected chi connectivity index (χ2v) is 7.47. The first-order chi connectivity index (χ1) is 12.2. The maximum atomic E-state index is 4.78. The van der Waals surface area contributed by atoms with Crippen LogP contribution in [-0.4, -0.2) is 40.5 Å². The summed E-state index contributed by atoms with van der Waals surface area (Å²) in [4.78, 5) is 19.4. The van der Waals surface area contributed by atoms with E-state index < -0.39 is 0 Å². The summed E-state index contributed by atoms with van der Waals surface area (Å²) in [5.74, 6) is 1.84. The van der Waals surface area contributed by atoms with E-state index in [1.165, 1.54) is 16.8 Å². The topological polar surface area (TPSA) is 45.2 Å². The van der Waals surface area contributed by atoms with E-state index in [4.69, 9.17) is 4.98 Å². The second kappa shape index (κ2) is 6.90. The Morgan fingerprint density at radius 2 is 2.08 bits per heavy atom. The molecule has 0 atom stereocenters. The Kier molecular flexibility index (Phi) is 4.46. The number of hydrogen-bond acceptors (Lipinski definition) is 6. The first-order valence-corrected chi connectivity index (χ1v) is 9.30. The molecular weight excluding hydrogens is 330 g/mol. The highest BCUT2D eigenvalue weighted by atomic mass is 32.1. The quantitative estimate of drug-likeness (QED) is 0.722. The number of pyridine rings is 1. The Balaban J connectivity index is 1.46. The molecule has 25 heavy (non-hydrogen) atoms. The minimum Gasteiger partial charge on any atom is -0.363 e. The molecule has 0 aliphatic carbocycles. The number of fused-ring (bicyclic) bond motifs is 1. The lowest BCUT2D eigenvalue weighted by atomic mass is 10.1. The van der Waals surface area contributed by atoms with Crippen LogP contribution in [-0.2, 0) is 19.5 Å². The molecule has 1 aliphatic heterocycles. The van der Waals surface area contributed by atoms with Crippen molar-refractivity contribution in [1.82, 2.24) is 19.9 Å². The Labute approximate surface area is 152 Å². The van der Waals surface area contributed by atoms with Crippen LogP contribution in [0.25, 0.3) is 10.7 Å². The van der Waals surface area contributed by atoms with E-state index >= 15 is 0 Å². The fraction of sp³-hybridized carbons (Fsp3) is 0.316. The van der Waals surface area contributed by atoms with Gasteiger partial charge in [-0.1, -0.05) is 12.1 Å². The summed E-state index contributed by atoms with van der Waals surface area (Å²) in [7, 11) is 4.02. The largest absolute Gasteiger partial charge is 0.363 e. The van der Waals surface area contributed by atoms with Crippen LogP contribution in [0, 0.1) is 0 Å². The fourth-order valence-corrected chi connectivity index (χ4v) is 3.73. The van der Waals surface area contributed by atoms with Crippen molar-refractivity contribution in [2.75, 3.05) is 25.5 Å². The first kappa shape index (κ1) is 16.2. The van der Waals surface area contributed by atoms with E-state index in [1.54, 1.807) is 11.3 Å². The van der Waals surface area contributed by atoms with Crippen molar-refractivity contribution in [1.29, 1.82) is 0 Å². The van der Waals surface area contributed by atoms with Crippen molar-refractivity contribution in [3.63, 3.8) is 0 Å². The molecule has 0 radical (unpaired) electrons. The zero-order valence-electron chi connectivity index (χ0n) is 14.5. The van der Waals surface area contributed by atoms with Crippen LogP contribution >= 0.6 is 11.3 Å². The molecule has 5 nitrogen and oxygen atoms in total. The van der Waals surface area contributed by atoms with Gasteiger partial charge in [0.2, 0.25) is 0 Å². The number of hydrogen-bond donors (Lipinski definition) is 0. The molecule has 0 bridgehead atoms. The Morgan fingerprint density at radius 1 is 1.16 bits per heavy atom. The molecule has 1 aliphatic rings. The third-order valence-corrected chi connectivity index (χ3v) is 5.29. The van der Waals surface area contributed by atoms with Gasteiger partial charge in [0.1, 0.15) is 5.82 Å². The summed E-state index contributed by atoms with van der Waals surface area (Å²) in [6.07, 6.45) is 4.94. The number of anilines is 1. The minimum atomic E-state index is 0.852. The lowest BCUT2D eigenvalue weighted by Gasteiger charge is -2.28. The van der Waals surface area contributed by atoms with Crippen LogP contribution in [0.5, 0.6) is 0 Å². The van der Waals surface area contributed by atoms with Gasteiger partial charge in [-0.2, -0.15) is 0 Å². The lowest BCUT2D eigenvalue weighted by Crippen LogP contribution is -2.31. The average Bonchev–Trinajstić information content (AvgIpc) is 3.16. The molecule has 0 N–H and O–H groups in total. The smallest absolute Gasteiger partial charge is 0.169 e. The summed E-state index contributed by atoms with van der Waals surface area (Å²) in [5, 5.41) is 2.06. The van der Waals surface area contributed by atoms with E-state index in [9.17, 15) is 0 Å². The third-order valence-electron chi connectivity index (χ3n) is 4.43. The van der Waals surface area contributed by atoms with Gasteiger partial charge in [-0.15, -0.1) is 11.3 Å². The Morgan fingerprint density at radius 3 is 2.80 bits per heavy atom. The van der Waals surface area contributed by atoms with E-state index in [0.717, 1.165) is 42.6 Å². The molecule has 3 aromatic heterocycles. The van der Waals surface area contributed by atoms with Crippen molar-refractivity contribution >= 4 is 17.2 Å². The minimum absolute atomic E-state index is 0.852. The molecular formula is C19H21N5S. The van der Waals surface area contributed by atoms with E-state index in [2.05, 4.69) is 38.4 Å². The highest BCUT2D eigenvalue weighted by molar-refractivity contribution is 7.13. The Bertz CT molecular complexity index is 843. The van der Waals surface area contributed by atoms with E-state index in [-0.39, 0.29) is 0 Å². The Hall–Kier alpha value is -2.31. The summed E-state index contributed by atoms with van der Waals surface area (Å²) in [6.45, 7) is 2.83. The number of rotatable bonds is 4. The van der Waals surface area contributed by atoms with Crippen molar-refractivity contribution in [2.24, 2.45) is 0 Å². The van der Waals surface area contributed by atoms with Gasteiger partial charge in [-0.05, 0) is 23.1 Å². The summed E-state index contributed by atoms with van der Waals surface area (Å²) < 4.78 is 0. The number of thiophene rings is 1. The summed E-state index contributed by atoms with van der Waals surface area (Å²) in [6, 6.07) is 8.35. The fourth-order valence-electron chi connectivity index (χ4n) is 3.07. The zero-order chi connectivity index (χ0) is 17.2. The van der Waals surface area contributed by atoms with Gasteiger partial charge in [0, 0.05) is 58.1 Å². The van der Waals surface area contributed by atoms with Gasteiger partial charge >= 0.3 is 0 Å². The third kappa shape index (κ3) is 3.55. The van der Waals surface area contributed by atoms with Crippen LogP contribution in [0.15, 0.2) is 42.0 Å². The maximum absolute atomic E-state index is 4.78. The molecule has 128 valence electrons. The molecule has 4 heterocycles. The van der Waals surface area contributed by atoms with Crippen LogP contribution < -0.4 is 4.90 Å². The van der Waals surface area contributed by atoms with Gasteiger partial charge in [-0.25, -0.2) is 15.0 Å². The van der Waals surface area contributed by atoms with Gasteiger partial charge in [-0.3, -0.25) is 4.90 Å². The first-order valence-electron chi connectivity index (χ1n) is 8.42. The van der Waals surface area contributed by atoms with E-state index in [0.29, 0.717) is 0 Å². The lowest BCUT2D eigenvalue weighted by molar-refractivity contribution is 0.242.